The molecule has 0 aliphatic rings. The summed E-state index contributed by atoms with van der Waals surface area (Å²) in [7, 11) is 4.01. The Bertz CT molecular complexity index is 253. The van der Waals surface area contributed by atoms with Crippen molar-refractivity contribution in [2.24, 2.45) is 0 Å². The van der Waals surface area contributed by atoms with E-state index in [-0.39, 0.29) is 6.10 Å². The molecule has 0 saturated carbocycles. The second-order valence-electron chi connectivity index (χ2n) is 3.41. The van der Waals surface area contributed by atoms with Crippen molar-refractivity contribution >= 4 is 5.69 Å². The number of rotatable bonds is 3. The molecule has 0 heterocycles. The van der Waals surface area contributed by atoms with Crippen LogP contribution in [-0.2, 0) is 0 Å². The molecule has 0 aliphatic heterocycles. The van der Waals surface area contributed by atoms with Gasteiger partial charge in [0, 0.05) is 19.8 Å². The van der Waals surface area contributed by atoms with Gasteiger partial charge in [0.25, 0.3) is 0 Å². The molecule has 0 bridgehead atoms. The molecule has 0 radical (unpaired) electrons. The minimum absolute atomic E-state index is 0.323. The maximum absolute atomic E-state index is 9.55. The van der Waals surface area contributed by atoms with Crippen molar-refractivity contribution in [3.05, 3.63) is 29.8 Å². The van der Waals surface area contributed by atoms with Crippen LogP contribution in [0.2, 0.25) is 0 Å². The van der Waals surface area contributed by atoms with Crippen LogP contribution in [0.3, 0.4) is 0 Å². The van der Waals surface area contributed by atoms with Gasteiger partial charge in [0.2, 0.25) is 0 Å². The van der Waals surface area contributed by atoms with Crippen molar-refractivity contribution in [3.8, 4) is 0 Å². The van der Waals surface area contributed by atoms with Crippen LogP contribution in [0.15, 0.2) is 24.3 Å². The van der Waals surface area contributed by atoms with Gasteiger partial charge in [-0.15, -0.1) is 0 Å². The molecule has 1 rings (SSSR count). The van der Waals surface area contributed by atoms with Crippen LogP contribution in [0.1, 0.15) is 25.0 Å². The lowest BCUT2D eigenvalue weighted by molar-refractivity contribution is 0.173. The fraction of sp³-hybridized carbons (Fsp3) is 0.455. The summed E-state index contributed by atoms with van der Waals surface area (Å²) in [6.07, 6.45) is 0.442. The first-order valence-electron chi connectivity index (χ1n) is 4.60. The third-order valence-electron chi connectivity index (χ3n) is 2.18. The van der Waals surface area contributed by atoms with Gasteiger partial charge in [-0.25, -0.2) is 0 Å². The SMILES string of the molecule is CC[C@@H](O)c1ccc(N(C)C)cc1. The first-order chi connectivity index (χ1) is 6.15. The van der Waals surface area contributed by atoms with E-state index in [9.17, 15) is 5.11 Å². The minimum atomic E-state index is -0.323. The molecule has 2 nitrogen and oxygen atoms in total. The summed E-state index contributed by atoms with van der Waals surface area (Å²) in [5, 5.41) is 9.55. The van der Waals surface area contributed by atoms with Crippen molar-refractivity contribution in [1.29, 1.82) is 0 Å². The van der Waals surface area contributed by atoms with Crippen molar-refractivity contribution in [2.75, 3.05) is 19.0 Å². The fourth-order valence-corrected chi connectivity index (χ4v) is 1.23. The molecule has 13 heavy (non-hydrogen) atoms. The van der Waals surface area contributed by atoms with E-state index in [0.29, 0.717) is 0 Å². The summed E-state index contributed by atoms with van der Waals surface area (Å²) in [6.45, 7) is 1.98. The first-order valence-corrected chi connectivity index (χ1v) is 4.60. The van der Waals surface area contributed by atoms with Crippen molar-refractivity contribution in [2.45, 2.75) is 19.4 Å². The standard InChI is InChI=1S/C11H17NO/c1-4-11(13)9-5-7-10(8-6-9)12(2)3/h5-8,11,13H,4H2,1-3H3/t11-/m1/s1. The highest BCUT2D eigenvalue weighted by atomic mass is 16.3. The lowest BCUT2D eigenvalue weighted by Gasteiger charge is -2.14. The number of hydrogen-bond donors (Lipinski definition) is 1. The molecule has 0 saturated heterocycles. The molecule has 0 aliphatic carbocycles. The number of hydrogen-bond acceptors (Lipinski definition) is 2. The highest BCUT2D eigenvalue weighted by Crippen LogP contribution is 2.19. The summed E-state index contributed by atoms with van der Waals surface area (Å²) in [4.78, 5) is 2.04. The molecule has 0 unspecified atom stereocenters. The fourth-order valence-electron chi connectivity index (χ4n) is 1.23. The van der Waals surface area contributed by atoms with E-state index in [2.05, 4.69) is 0 Å². The van der Waals surface area contributed by atoms with Gasteiger partial charge in [0.05, 0.1) is 6.10 Å². The largest absolute Gasteiger partial charge is 0.388 e. The Labute approximate surface area is 79.8 Å². The van der Waals surface area contributed by atoms with Crippen LogP contribution in [0.5, 0.6) is 0 Å². The molecule has 0 amide bonds. The van der Waals surface area contributed by atoms with E-state index in [0.717, 1.165) is 17.7 Å². The van der Waals surface area contributed by atoms with Gasteiger partial charge in [-0.1, -0.05) is 19.1 Å². The monoisotopic (exact) mass is 179 g/mol. The number of aliphatic hydroxyl groups excluding tert-OH is 1. The predicted molar refractivity (Wildman–Crippen MR) is 56.0 cm³/mol. The van der Waals surface area contributed by atoms with Gasteiger partial charge in [-0.3, -0.25) is 0 Å². The van der Waals surface area contributed by atoms with Gasteiger partial charge in [0.1, 0.15) is 0 Å². The third-order valence-corrected chi connectivity index (χ3v) is 2.18. The lowest BCUT2D eigenvalue weighted by atomic mass is 10.1. The lowest BCUT2D eigenvalue weighted by Crippen LogP contribution is -2.08. The Hall–Kier alpha value is -1.02. The number of anilines is 1. The van der Waals surface area contributed by atoms with Crippen LogP contribution in [0.4, 0.5) is 5.69 Å². The average molecular weight is 179 g/mol. The van der Waals surface area contributed by atoms with E-state index in [1.165, 1.54) is 0 Å². The van der Waals surface area contributed by atoms with Crippen molar-refractivity contribution < 1.29 is 5.11 Å². The Morgan fingerprint density at radius 1 is 1.23 bits per heavy atom. The Balaban J connectivity index is 2.81. The molecular formula is C11H17NO. The zero-order valence-corrected chi connectivity index (χ0v) is 8.49. The second-order valence-corrected chi connectivity index (χ2v) is 3.41. The predicted octanol–water partition coefficient (Wildman–Crippen LogP) is 2.20. The Morgan fingerprint density at radius 3 is 2.15 bits per heavy atom. The zero-order valence-electron chi connectivity index (χ0n) is 8.49. The molecule has 1 atom stereocenters. The molecule has 2 heteroatoms. The summed E-state index contributed by atoms with van der Waals surface area (Å²) in [5.41, 5.74) is 2.15. The van der Waals surface area contributed by atoms with Crippen LogP contribution >= 0.6 is 0 Å². The molecule has 72 valence electrons. The molecular weight excluding hydrogens is 162 g/mol. The van der Waals surface area contributed by atoms with E-state index >= 15 is 0 Å². The Morgan fingerprint density at radius 2 is 1.77 bits per heavy atom. The summed E-state index contributed by atoms with van der Waals surface area (Å²) >= 11 is 0. The molecule has 0 aromatic heterocycles. The summed E-state index contributed by atoms with van der Waals surface area (Å²) < 4.78 is 0. The van der Waals surface area contributed by atoms with Crippen molar-refractivity contribution in [3.63, 3.8) is 0 Å². The quantitative estimate of drug-likeness (QED) is 0.769. The second kappa shape index (κ2) is 4.28. The van der Waals surface area contributed by atoms with Crippen molar-refractivity contribution in [1.82, 2.24) is 0 Å². The van der Waals surface area contributed by atoms with Gasteiger partial charge in [0.15, 0.2) is 0 Å². The van der Waals surface area contributed by atoms with Gasteiger partial charge < -0.3 is 10.0 Å². The smallest absolute Gasteiger partial charge is 0.0787 e. The number of nitrogens with zero attached hydrogens (tertiary/aromatic N) is 1. The molecule has 0 spiro atoms. The first kappa shape index (κ1) is 10.1. The maximum atomic E-state index is 9.55. The summed E-state index contributed by atoms with van der Waals surface area (Å²) in [6, 6.07) is 8.00. The maximum Gasteiger partial charge on any atom is 0.0787 e. The van der Waals surface area contributed by atoms with Gasteiger partial charge in [-0.2, -0.15) is 0 Å². The molecule has 1 aromatic rings. The van der Waals surface area contributed by atoms with Crippen LogP contribution in [-0.4, -0.2) is 19.2 Å². The van der Waals surface area contributed by atoms with E-state index in [4.69, 9.17) is 0 Å². The molecule has 1 aromatic carbocycles. The molecule has 1 N–H and O–H groups in total. The Kier molecular flexibility index (Phi) is 3.32. The summed E-state index contributed by atoms with van der Waals surface area (Å²) in [5.74, 6) is 0. The third kappa shape index (κ3) is 2.46. The molecule has 0 fully saturated rings. The minimum Gasteiger partial charge on any atom is -0.388 e. The van der Waals surface area contributed by atoms with Gasteiger partial charge in [-0.05, 0) is 24.1 Å². The van der Waals surface area contributed by atoms with Gasteiger partial charge >= 0.3 is 0 Å². The number of benzene rings is 1. The van der Waals surface area contributed by atoms with Crippen LogP contribution < -0.4 is 4.90 Å². The van der Waals surface area contributed by atoms with Crippen LogP contribution in [0, 0.1) is 0 Å². The number of aliphatic hydroxyl groups is 1. The van der Waals surface area contributed by atoms with E-state index < -0.39 is 0 Å². The highest BCUT2D eigenvalue weighted by Gasteiger charge is 2.03. The topological polar surface area (TPSA) is 23.5 Å². The zero-order chi connectivity index (χ0) is 9.84. The van der Waals surface area contributed by atoms with E-state index in [1.54, 1.807) is 0 Å². The highest BCUT2D eigenvalue weighted by molar-refractivity contribution is 5.46. The van der Waals surface area contributed by atoms with Crippen LogP contribution in [0.25, 0.3) is 0 Å². The van der Waals surface area contributed by atoms with E-state index in [1.807, 2.05) is 50.2 Å². The normalized spacial score (nSPS) is 12.6. The average Bonchev–Trinajstić information content (AvgIpc) is 2.17.